The molecule has 28 heavy (non-hydrogen) atoms. The van der Waals surface area contributed by atoms with Crippen LogP contribution in [0.2, 0.25) is 0 Å². The maximum atomic E-state index is 5.45. The normalized spacial score (nSPS) is 12.5. The standard InChI is InChI=1S/C20H17N5O3/c1-11-4-6-15(8-12(11)2)25-13(3)18(22-24-25)20-21-19(23-28-20)14-5-7-16-17(9-14)27-10-26-16/h4-9H,10H2,1-3H3. The molecule has 2 aromatic heterocycles. The summed E-state index contributed by atoms with van der Waals surface area (Å²) in [6, 6.07) is 11.7. The van der Waals surface area contributed by atoms with Gasteiger partial charge in [0, 0.05) is 5.56 Å². The van der Waals surface area contributed by atoms with Gasteiger partial charge in [-0.2, -0.15) is 4.98 Å². The average Bonchev–Trinajstić information content (AvgIpc) is 3.42. The monoisotopic (exact) mass is 375 g/mol. The lowest BCUT2D eigenvalue weighted by Gasteiger charge is -2.06. The number of hydrogen-bond donors (Lipinski definition) is 0. The summed E-state index contributed by atoms with van der Waals surface area (Å²) in [5, 5.41) is 12.6. The van der Waals surface area contributed by atoms with E-state index in [1.165, 1.54) is 11.1 Å². The van der Waals surface area contributed by atoms with E-state index in [4.69, 9.17) is 14.0 Å². The Bertz CT molecular complexity index is 1190. The van der Waals surface area contributed by atoms with E-state index in [0.717, 1.165) is 16.9 Å². The van der Waals surface area contributed by atoms with Gasteiger partial charge in [0.1, 0.15) is 0 Å². The molecule has 140 valence electrons. The number of rotatable bonds is 3. The molecule has 0 fully saturated rings. The minimum absolute atomic E-state index is 0.219. The van der Waals surface area contributed by atoms with Crippen molar-refractivity contribution in [3.05, 3.63) is 53.2 Å². The second kappa shape index (κ2) is 6.19. The van der Waals surface area contributed by atoms with E-state index < -0.39 is 0 Å². The summed E-state index contributed by atoms with van der Waals surface area (Å²) in [5.41, 5.74) is 5.51. The second-order valence-corrected chi connectivity index (χ2v) is 6.70. The zero-order valence-electron chi connectivity index (χ0n) is 15.6. The van der Waals surface area contributed by atoms with E-state index in [2.05, 4.69) is 46.4 Å². The Hall–Kier alpha value is -3.68. The van der Waals surface area contributed by atoms with Gasteiger partial charge in [0.2, 0.25) is 12.6 Å². The Kier molecular flexibility index (Phi) is 3.65. The average molecular weight is 375 g/mol. The van der Waals surface area contributed by atoms with Crippen LogP contribution in [0.3, 0.4) is 0 Å². The van der Waals surface area contributed by atoms with Gasteiger partial charge in [0.05, 0.1) is 11.4 Å². The van der Waals surface area contributed by atoms with Crippen molar-refractivity contribution >= 4 is 0 Å². The molecule has 3 heterocycles. The van der Waals surface area contributed by atoms with E-state index in [1.807, 2.05) is 31.2 Å². The molecule has 0 amide bonds. The molecular formula is C20H17N5O3. The lowest BCUT2D eigenvalue weighted by Crippen LogP contribution is -2.00. The Balaban J connectivity index is 1.49. The van der Waals surface area contributed by atoms with Gasteiger partial charge in [-0.1, -0.05) is 16.4 Å². The first-order valence-corrected chi connectivity index (χ1v) is 8.84. The number of aromatic nitrogens is 5. The van der Waals surface area contributed by atoms with Crippen molar-refractivity contribution in [3.8, 4) is 40.2 Å². The summed E-state index contributed by atoms with van der Waals surface area (Å²) in [6.07, 6.45) is 0. The minimum atomic E-state index is 0.219. The van der Waals surface area contributed by atoms with Crippen molar-refractivity contribution in [1.29, 1.82) is 0 Å². The molecule has 8 nitrogen and oxygen atoms in total. The second-order valence-electron chi connectivity index (χ2n) is 6.70. The highest BCUT2D eigenvalue weighted by molar-refractivity contribution is 5.63. The Morgan fingerprint density at radius 3 is 2.64 bits per heavy atom. The predicted octanol–water partition coefficient (Wildman–Crippen LogP) is 3.64. The highest BCUT2D eigenvalue weighted by Crippen LogP contribution is 2.35. The third-order valence-corrected chi connectivity index (χ3v) is 4.89. The van der Waals surface area contributed by atoms with Gasteiger partial charge >= 0.3 is 0 Å². The van der Waals surface area contributed by atoms with Crippen LogP contribution >= 0.6 is 0 Å². The van der Waals surface area contributed by atoms with Crippen LogP contribution in [0, 0.1) is 20.8 Å². The van der Waals surface area contributed by atoms with E-state index in [0.29, 0.717) is 28.9 Å². The Morgan fingerprint density at radius 1 is 0.929 bits per heavy atom. The fourth-order valence-electron chi connectivity index (χ4n) is 3.10. The zero-order valence-corrected chi connectivity index (χ0v) is 15.6. The van der Waals surface area contributed by atoms with Crippen LogP contribution in [-0.4, -0.2) is 31.9 Å². The maximum Gasteiger partial charge on any atom is 0.280 e. The SMILES string of the molecule is Cc1ccc(-n2nnc(-c3nc(-c4ccc5c(c4)OCO5)no3)c2C)cc1C. The molecular weight excluding hydrogens is 358 g/mol. The van der Waals surface area contributed by atoms with Crippen LogP contribution in [0.15, 0.2) is 40.9 Å². The number of benzene rings is 2. The molecule has 5 rings (SSSR count). The van der Waals surface area contributed by atoms with E-state index in [-0.39, 0.29) is 6.79 Å². The van der Waals surface area contributed by atoms with Gasteiger partial charge in [0.15, 0.2) is 17.2 Å². The molecule has 1 aliphatic rings. The first kappa shape index (κ1) is 16.5. The van der Waals surface area contributed by atoms with Gasteiger partial charge in [0.25, 0.3) is 5.89 Å². The van der Waals surface area contributed by atoms with Crippen LogP contribution in [0.1, 0.15) is 16.8 Å². The highest BCUT2D eigenvalue weighted by Gasteiger charge is 2.21. The third kappa shape index (κ3) is 2.61. The minimum Gasteiger partial charge on any atom is -0.454 e. The molecule has 0 saturated heterocycles. The quantitative estimate of drug-likeness (QED) is 0.540. The maximum absolute atomic E-state index is 5.45. The molecule has 0 bridgehead atoms. The molecule has 1 aliphatic heterocycles. The number of fused-ring (bicyclic) bond motifs is 1. The van der Waals surface area contributed by atoms with Crippen molar-refractivity contribution in [2.45, 2.75) is 20.8 Å². The summed E-state index contributed by atoms with van der Waals surface area (Å²) >= 11 is 0. The molecule has 0 N–H and O–H groups in total. The molecule has 2 aromatic carbocycles. The first-order valence-electron chi connectivity index (χ1n) is 8.84. The number of aryl methyl sites for hydroxylation is 2. The fraction of sp³-hybridized carbons (Fsp3) is 0.200. The highest BCUT2D eigenvalue weighted by atomic mass is 16.7. The third-order valence-electron chi connectivity index (χ3n) is 4.89. The topological polar surface area (TPSA) is 88.1 Å². The summed E-state index contributed by atoms with van der Waals surface area (Å²) in [4.78, 5) is 4.49. The van der Waals surface area contributed by atoms with Crippen LogP contribution in [0.25, 0.3) is 28.7 Å². The summed E-state index contributed by atoms with van der Waals surface area (Å²) in [7, 11) is 0. The van der Waals surface area contributed by atoms with Gasteiger partial charge in [-0.25, -0.2) is 4.68 Å². The van der Waals surface area contributed by atoms with Crippen molar-refractivity contribution in [2.75, 3.05) is 6.79 Å². The largest absolute Gasteiger partial charge is 0.454 e. The van der Waals surface area contributed by atoms with E-state index in [1.54, 1.807) is 4.68 Å². The molecule has 8 heteroatoms. The van der Waals surface area contributed by atoms with Gasteiger partial charge in [-0.05, 0) is 62.2 Å². The van der Waals surface area contributed by atoms with Crippen molar-refractivity contribution in [2.24, 2.45) is 0 Å². The molecule has 0 aliphatic carbocycles. The van der Waals surface area contributed by atoms with Gasteiger partial charge in [-0.3, -0.25) is 0 Å². The molecule has 0 saturated carbocycles. The van der Waals surface area contributed by atoms with Crippen LogP contribution in [0.4, 0.5) is 0 Å². The molecule has 0 atom stereocenters. The number of hydrogen-bond acceptors (Lipinski definition) is 7. The predicted molar refractivity (Wildman–Crippen MR) is 100 cm³/mol. The van der Waals surface area contributed by atoms with E-state index in [9.17, 15) is 0 Å². The Labute approximate surface area is 160 Å². The summed E-state index contributed by atoms with van der Waals surface area (Å²) in [5.74, 6) is 2.15. The van der Waals surface area contributed by atoms with Crippen LogP contribution < -0.4 is 9.47 Å². The summed E-state index contributed by atoms with van der Waals surface area (Å²) < 4.78 is 18.0. The van der Waals surface area contributed by atoms with Crippen molar-refractivity contribution in [1.82, 2.24) is 25.1 Å². The van der Waals surface area contributed by atoms with Crippen LogP contribution in [-0.2, 0) is 0 Å². The first-order chi connectivity index (χ1) is 13.6. The molecule has 0 radical (unpaired) electrons. The number of ether oxygens (including phenoxy) is 2. The number of nitrogens with zero attached hydrogens (tertiary/aromatic N) is 5. The lowest BCUT2D eigenvalue weighted by atomic mass is 10.1. The zero-order chi connectivity index (χ0) is 19.3. The van der Waals surface area contributed by atoms with Gasteiger partial charge < -0.3 is 14.0 Å². The van der Waals surface area contributed by atoms with Crippen molar-refractivity contribution in [3.63, 3.8) is 0 Å². The smallest absolute Gasteiger partial charge is 0.280 e. The molecule has 0 spiro atoms. The van der Waals surface area contributed by atoms with Gasteiger partial charge in [-0.15, -0.1) is 5.10 Å². The van der Waals surface area contributed by atoms with Crippen LogP contribution in [0.5, 0.6) is 11.5 Å². The molecule has 4 aromatic rings. The fourth-order valence-corrected chi connectivity index (χ4v) is 3.10. The molecule has 0 unspecified atom stereocenters. The summed E-state index contributed by atoms with van der Waals surface area (Å²) in [6.45, 7) is 6.29. The van der Waals surface area contributed by atoms with E-state index >= 15 is 0 Å². The Morgan fingerprint density at radius 2 is 1.79 bits per heavy atom. The van der Waals surface area contributed by atoms with Crippen molar-refractivity contribution < 1.29 is 14.0 Å². The lowest BCUT2D eigenvalue weighted by molar-refractivity contribution is 0.174.